The van der Waals surface area contributed by atoms with E-state index in [9.17, 15) is 0 Å². The van der Waals surface area contributed by atoms with Crippen LogP contribution in [0.3, 0.4) is 0 Å². The molecule has 0 unspecified atom stereocenters. The van der Waals surface area contributed by atoms with Crippen LogP contribution in [0, 0.1) is 11.3 Å². The lowest BCUT2D eigenvalue weighted by atomic mass is 9.78. The minimum Gasteiger partial charge on any atom is -0.103 e. The number of hydrogen-bond acceptors (Lipinski definition) is 0. The molecule has 0 radical (unpaired) electrons. The summed E-state index contributed by atoms with van der Waals surface area (Å²) >= 11 is 0. The number of hydrogen-bond donors (Lipinski definition) is 0. The number of benzene rings is 1. The lowest BCUT2D eigenvalue weighted by Gasteiger charge is -2.27. The Hall–Kier alpha value is -1.04. The van der Waals surface area contributed by atoms with Crippen molar-refractivity contribution in [2.24, 2.45) is 11.3 Å². The Bertz CT molecular complexity index is 290. The standard InChI is InChI=1S/C15H22/c1-5-14(15(2,3)4)12-11-13-9-7-6-8-10-13/h5-10,14H,1,11-12H2,2-4H3/t14-/m0/s1. The summed E-state index contributed by atoms with van der Waals surface area (Å²) in [6, 6.07) is 10.7. The largest absolute Gasteiger partial charge is 0.103 e. The summed E-state index contributed by atoms with van der Waals surface area (Å²) in [6.07, 6.45) is 4.44. The molecule has 0 aliphatic rings. The number of aryl methyl sites for hydroxylation is 1. The van der Waals surface area contributed by atoms with Crippen molar-refractivity contribution in [3.05, 3.63) is 48.6 Å². The first-order valence-electron chi connectivity index (χ1n) is 5.70. The fourth-order valence-corrected chi connectivity index (χ4v) is 1.87. The molecule has 0 aliphatic heterocycles. The van der Waals surface area contributed by atoms with Gasteiger partial charge in [-0.15, -0.1) is 6.58 Å². The Morgan fingerprint density at radius 1 is 1.20 bits per heavy atom. The Morgan fingerprint density at radius 2 is 1.80 bits per heavy atom. The van der Waals surface area contributed by atoms with Crippen molar-refractivity contribution in [1.82, 2.24) is 0 Å². The van der Waals surface area contributed by atoms with Gasteiger partial charge in [-0.05, 0) is 29.7 Å². The van der Waals surface area contributed by atoms with Gasteiger partial charge in [-0.2, -0.15) is 0 Å². The Labute approximate surface area is 94.0 Å². The summed E-state index contributed by atoms with van der Waals surface area (Å²) in [5.41, 5.74) is 1.75. The minimum atomic E-state index is 0.330. The highest BCUT2D eigenvalue weighted by Crippen LogP contribution is 2.30. The average Bonchev–Trinajstić information content (AvgIpc) is 2.18. The molecule has 1 aromatic rings. The maximum absolute atomic E-state index is 3.94. The van der Waals surface area contributed by atoms with E-state index in [1.165, 1.54) is 12.0 Å². The van der Waals surface area contributed by atoms with Crippen LogP contribution in [0.25, 0.3) is 0 Å². The van der Waals surface area contributed by atoms with Gasteiger partial charge in [0.05, 0.1) is 0 Å². The molecule has 0 heteroatoms. The zero-order chi connectivity index (χ0) is 11.3. The lowest BCUT2D eigenvalue weighted by molar-refractivity contribution is 0.279. The number of allylic oxidation sites excluding steroid dienone is 1. The molecule has 0 nitrogen and oxygen atoms in total. The van der Waals surface area contributed by atoms with E-state index in [2.05, 4.69) is 63.8 Å². The van der Waals surface area contributed by atoms with Crippen molar-refractivity contribution in [1.29, 1.82) is 0 Å². The minimum absolute atomic E-state index is 0.330. The summed E-state index contributed by atoms with van der Waals surface area (Å²) in [5, 5.41) is 0. The maximum Gasteiger partial charge on any atom is -0.0184 e. The molecule has 0 heterocycles. The van der Waals surface area contributed by atoms with Crippen molar-refractivity contribution < 1.29 is 0 Å². The summed E-state index contributed by atoms with van der Waals surface area (Å²) in [5.74, 6) is 0.595. The first-order valence-corrected chi connectivity index (χ1v) is 5.70. The first kappa shape index (κ1) is 12.0. The number of rotatable bonds is 4. The Balaban J connectivity index is 2.52. The summed E-state index contributed by atoms with van der Waals surface area (Å²) in [7, 11) is 0. The van der Waals surface area contributed by atoms with E-state index in [1.807, 2.05) is 0 Å². The van der Waals surface area contributed by atoms with Gasteiger partial charge in [0.2, 0.25) is 0 Å². The molecule has 0 N–H and O–H groups in total. The highest BCUT2D eigenvalue weighted by atomic mass is 14.3. The molecule has 0 amide bonds. The fraction of sp³-hybridized carbons (Fsp3) is 0.467. The van der Waals surface area contributed by atoms with Gasteiger partial charge in [-0.3, -0.25) is 0 Å². The van der Waals surface area contributed by atoms with E-state index in [0.29, 0.717) is 11.3 Å². The van der Waals surface area contributed by atoms with Gasteiger partial charge < -0.3 is 0 Å². The van der Waals surface area contributed by atoms with Crippen molar-refractivity contribution in [2.75, 3.05) is 0 Å². The van der Waals surface area contributed by atoms with Crippen LogP contribution >= 0.6 is 0 Å². The van der Waals surface area contributed by atoms with E-state index < -0.39 is 0 Å². The van der Waals surface area contributed by atoms with Gasteiger partial charge in [0.15, 0.2) is 0 Å². The van der Waals surface area contributed by atoms with Crippen LogP contribution in [0.5, 0.6) is 0 Å². The van der Waals surface area contributed by atoms with E-state index in [4.69, 9.17) is 0 Å². The smallest absolute Gasteiger partial charge is 0.0184 e. The SMILES string of the molecule is C=C[C@@H](CCc1ccccc1)C(C)(C)C. The van der Waals surface area contributed by atoms with Crippen molar-refractivity contribution in [3.8, 4) is 0 Å². The molecule has 0 bridgehead atoms. The fourth-order valence-electron chi connectivity index (χ4n) is 1.87. The van der Waals surface area contributed by atoms with Crippen LogP contribution < -0.4 is 0 Å². The monoisotopic (exact) mass is 202 g/mol. The van der Waals surface area contributed by atoms with Crippen molar-refractivity contribution in [3.63, 3.8) is 0 Å². The highest BCUT2D eigenvalue weighted by Gasteiger charge is 2.20. The topological polar surface area (TPSA) is 0 Å². The van der Waals surface area contributed by atoms with Crippen molar-refractivity contribution >= 4 is 0 Å². The predicted molar refractivity (Wildman–Crippen MR) is 67.9 cm³/mol. The quantitative estimate of drug-likeness (QED) is 0.632. The van der Waals surface area contributed by atoms with Crippen LogP contribution in [0.4, 0.5) is 0 Å². The van der Waals surface area contributed by atoms with Gasteiger partial charge in [0.1, 0.15) is 0 Å². The van der Waals surface area contributed by atoms with Crippen LogP contribution in [0.1, 0.15) is 32.8 Å². The first-order chi connectivity index (χ1) is 7.04. The van der Waals surface area contributed by atoms with Crippen LogP contribution in [0.2, 0.25) is 0 Å². The van der Waals surface area contributed by atoms with E-state index in [-0.39, 0.29) is 0 Å². The van der Waals surface area contributed by atoms with Crippen molar-refractivity contribution in [2.45, 2.75) is 33.6 Å². The maximum atomic E-state index is 3.94. The lowest BCUT2D eigenvalue weighted by Crippen LogP contribution is -2.18. The molecule has 0 aromatic heterocycles. The normalized spacial score (nSPS) is 13.5. The second kappa shape index (κ2) is 5.16. The van der Waals surface area contributed by atoms with Crippen LogP contribution in [0.15, 0.2) is 43.0 Å². The molecule has 0 saturated carbocycles. The van der Waals surface area contributed by atoms with Crippen LogP contribution in [-0.4, -0.2) is 0 Å². The molecule has 15 heavy (non-hydrogen) atoms. The molecule has 0 fully saturated rings. The van der Waals surface area contributed by atoms with E-state index in [1.54, 1.807) is 0 Å². The molecule has 1 atom stereocenters. The molecule has 1 aromatic carbocycles. The van der Waals surface area contributed by atoms with Crippen LogP contribution in [-0.2, 0) is 6.42 Å². The van der Waals surface area contributed by atoms with E-state index >= 15 is 0 Å². The second-order valence-corrected chi connectivity index (χ2v) is 5.23. The Morgan fingerprint density at radius 3 is 2.27 bits per heavy atom. The second-order valence-electron chi connectivity index (χ2n) is 5.23. The van der Waals surface area contributed by atoms with Gasteiger partial charge in [0.25, 0.3) is 0 Å². The van der Waals surface area contributed by atoms with Gasteiger partial charge in [-0.1, -0.05) is 57.2 Å². The molecule has 0 spiro atoms. The third-order valence-electron chi connectivity index (χ3n) is 2.98. The summed E-state index contributed by atoms with van der Waals surface area (Å²) < 4.78 is 0. The zero-order valence-electron chi connectivity index (χ0n) is 10.2. The molecule has 0 saturated heterocycles. The van der Waals surface area contributed by atoms with Gasteiger partial charge in [-0.25, -0.2) is 0 Å². The summed E-state index contributed by atoms with van der Waals surface area (Å²) in [4.78, 5) is 0. The molecular formula is C15H22. The molecular weight excluding hydrogens is 180 g/mol. The Kier molecular flexibility index (Phi) is 4.14. The van der Waals surface area contributed by atoms with Gasteiger partial charge in [0, 0.05) is 0 Å². The average molecular weight is 202 g/mol. The predicted octanol–water partition coefficient (Wildman–Crippen LogP) is 4.47. The molecule has 1 rings (SSSR count). The van der Waals surface area contributed by atoms with Gasteiger partial charge >= 0.3 is 0 Å². The third-order valence-corrected chi connectivity index (χ3v) is 2.98. The highest BCUT2D eigenvalue weighted by molar-refractivity contribution is 5.15. The summed E-state index contributed by atoms with van der Waals surface area (Å²) in [6.45, 7) is 10.8. The molecule has 0 aliphatic carbocycles. The molecule has 82 valence electrons. The zero-order valence-corrected chi connectivity index (χ0v) is 10.2. The van der Waals surface area contributed by atoms with E-state index in [0.717, 1.165) is 6.42 Å². The third kappa shape index (κ3) is 3.91.